The molecule has 1 atom stereocenters. The highest BCUT2D eigenvalue weighted by atomic mass is 32.2. The van der Waals surface area contributed by atoms with Crippen LogP contribution in [0, 0.1) is 10.1 Å². The molecular formula is C10H11N5O4S. The smallest absolute Gasteiger partial charge is 0.342 e. The number of ether oxygens (including phenoxy) is 1. The van der Waals surface area contributed by atoms with E-state index >= 15 is 0 Å². The molecule has 9 nitrogen and oxygen atoms in total. The number of rotatable bonds is 5. The van der Waals surface area contributed by atoms with Gasteiger partial charge < -0.3 is 14.9 Å². The van der Waals surface area contributed by atoms with Gasteiger partial charge in [0.05, 0.1) is 30.2 Å². The fourth-order valence-electron chi connectivity index (χ4n) is 1.42. The van der Waals surface area contributed by atoms with Gasteiger partial charge in [0.25, 0.3) is 0 Å². The Morgan fingerprint density at radius 1 is 1.35 bits per heavy atom. The van der Waals surface area contributed by atoms with Gasteiger partial charge in [0.15, 0.2) is 12.4 Å². The third-order valence-corrected chi connectivity index (χ3v) is 3.20. The van der Waals surface area contributed by atoms with Crippen LogP contribution in [0.3, 0.4) is 0 Å². The lowest BCUT2D eigenvalue weighted by molar-refractivity contribution is -0.391. The maximum atomic E-state index is 11.1. The van der Waals surface area contributed by atoms with E-state index in [0.29, 0.717) is 11.6 Å². The van der Waals surface area contributed by atoms with E-state index in [1.54, 1.807) is 0 Å². The summed E-state index contributed by atoms with van der Waals surface area (Å²) in [6, 6.07) is 0. The van der Waals surface area contributed by atoms with E-state index in [1.807, 2.05) is 0 Å². The first-order valence-corrected chi connectivity index (χ1v) is 6.98. The van der Waals surface area contributed by atoms with Gasteiger partial charge in [-0.25, -0.2) is 19.5 Å². The summed E-state index contributed by atoms with van der Waals surface area (Å²) in [7, 11) is 0.279. The average Bonchev–Trinajstić information content (AvgIpc) is 2.78. The molecule has 0 fully saturated rings. The largest absolute Gasteiger partial charge is 0.480 e. The molecule has 2 aromatic rings. The fraction of sp³-hybridized carbons (Fsp3) is 0.300. The van der Waals surface area contributed by atoms with Crippen LogP contribution in [0.4, 0.5) is 5.82 Å². The third kappa shape index (κ3) is 2.96. The van der Waals surface area contributed by atoms with E-state index in [2.05, 4.69) is 15.0 Å². The summed E-state index contributed by atoms with van der Waals surface area (Å²) in [4.78, 5) is 21.8. The number of hydrogen-bond donors (Lipinski definition) is 0. The molecule has 0 aliphatic rings. The fourth-order valence-corrected chi connectivity index (χ4v) is 1.82. The Morgan fingerprint density at radius 3 is 2.50 bits per heavy atom. The topological polar surface area (TPSA) is 113 Å². The van der Waals surface area contributed by atoms with Gasteiger partial charge in [0.1, 0.15) is 6.20 Å². The van der Waals surface area contributed by atoms with Crippen LogP contribution in [0.5, 0.6) is 5.75 Å². The molecule has 2 rings (SSSR count). The zero-order chi connectivity index (χ0) is 14.7. The van der Waals surface area contributed by atoms with E-state index in [4.69, 9.17) is 4.74 Å². The second-order valence-corrected chi connectivity index (χ2v) is 5.07. The van der Waals surface area contributed by atoms with Crippen LogP contribution in [-0.4, -0.2) is 34.9 Å². The van der Waals surface area contributed by atoms with Crippen molar-refractivity contribution in [3.05, 3.63) is 34.5 Å². The first-order chi connectivity index (χ1) is 9.49. The van der Waals surface area contributed by atoms with Crippen LogP contribution in [-0.2, 0) is 24.5 Å². The highest BCUT2D eigenvalue weighted by Gasteiger charge is 2.16. The van der Waals surface area contributed by atoms with Crippen molar-refractivity contribution < 1.29 is 13.9 Å². The lowest BCUT2D eigenvalue weighted by Gasteiger charge is -2.03. The zero-order valence-corrected chi connectivity index (χ0v) is 11.5. The average molecular weight is 297 g/mol. The Morgan fingerprint density at radius 2 is 2.00 bits per heavy atom. The monoisotopic (exact) mass is 297 g/mol. The molecule has 2 aromatic heterocycles. The molecule has 0 saturated heterocycles. The van der Waals surface area contributed by atoms with Gasteiger partial charge in [-0.05, 0) is 4.92 Å². The number of hydrogen-bond acceptors (Lipinski definition) is 7. The minimum absolute atomic E-state index is 0.0439. The molecule has 0 amide bonds. The van der Waals surface area contributed by atoms with Crippen molar-refractivity contribution in [2.24, 2.45) is 7.05 Å². The summed E-state index contributed by atoms with van der Waals surface area (Å²) in [6.45, 7) is 0.0439. The molecule has 2 heterocycles. The Balaban J connectivity index is 2.05. The van der Waals surface area contributed by atoms with E-state index in [9.17, 15) is 14.3 Å². The van der Waals surface area contributed by atoms with E-state index < -0.39 is 15.7 Å². The van der Waals surface area contributed by atoms with Crippen LogP contribution in [0.15, 0.2) is 23.7 Å². The lowest BCUT2D eigenvalue weighted by atomic mass is 10.6. The minimum Gasteiger partial charge on any atom is -0.480 e. The zero-order valence-electron chi connectivity index (χ0n) is 10.7. The summed E-state index contributed by atoms with van der Waals surface area (Å²) < 4.78 is 17.8. The van der Waals surface area contributed by atoms with Crippen molar-refractivity contribution in [1.82, 2.24) is 19.5 Å². The molecule has 20 heavy (non-hydrogen) atoms. The Labute approximate surface area is 116 Å². The third-order valence-electron chi connectivity index (χ3n) is 2.48. The van der Waals surface area contributed by atoms with Gasteiger partial charge in [-0.1, -0.05) is 0 Å². The Bertz CT molecular complexity index is 654. The molecule has 0 spiro atoms. The SMILES string of the molecule is Cn1c([N+](=O)[O-])cnc1COc1cnc([S@](C)=O)nc1. The van der Waals surface area contributed by atoms with E-state index in [-0.39, 0.29) is 17.6 Å². The first-order valence-electron chi connectivity index (χ1n) is 5.42. The van der Waals surface area contributed by atoms with Crippen LogP contribution in [0.25, 0.3) is 0 Å². The lowest BCUT2D eigenvalue weighted by Crippen LogP contribution is -2.06. The molecule has 106 valence electrons. The van der Waals surface area contributed by atoms with Crippen molar-refractivity contribution in [2.45, 2.75) is 11.8 Å². The Hall–Kier alpha value is -2.36. The quantitative estimate of drug-likeness (QED) is 0.447. The maximum Gasteiger partial charge on any atom is 0.342 e. The van der Waals surface area contributed by atoms with Gasteiger partial charge in [-0.2, -0.15) is 0 Å². The molecule has 0 radical (unpaired) electrons. The van der Waals surface area contributed by atoms with Crippen LogP contribution >= 0.6 is 0 Å². The van der Waals surface area contributed by atoms with Crippen LogP contribution in [0.2, 0.25) is 0 Å². The van der Waals surface area contributed by atoms with Crippen molar-refractivity contribution >= 4 is 16.6 Å². The molecule has 10 heteroatoms. The van der Waals surface area contributed by atoms with Crippen molar-refractivity contribution in [3.8, 4) is 5.75 Å². The summed E-state index contributed by atoms with van der Waals surface area (Å²) in [5, 5.41) is 10.9. The summed E-state index contributed by atoms with van der Waals surface area (Å²) in [5.41, 5.74) is 0. The molecular weight excluding hydrogens is 286 g/mol. The van der Waals surface area contributed by atoms with Gasteiger partial charge >= 0.3 is 5.82 Å². The van der Waals surface area contributed by atoms with Gasteiger partial charge in [-0.15, -0.1) is 0 Å². The maximum absolute atomic E-state index is 11.1. The second kappa shape index (κ2) is 5.74. The second-order valence-electron chi connectivity index (χ2n) is 3.79. The minimum atomic E-state index is -1.25. The Kier molecular flexibility index (Phi) is 4.03. The van der Waals surface area contributed by atoms with E-state index in [1.165, 1.54) is 36.5 Å². The summed E-state index contributed by atoms with van der Waals surface area (Å²) in [6.07, 6.45) is 5.42. The predicted octanol–water partition coefficient (Wildman–Crippen LogP) is 0.435. The number of nitro groups is 1. The summed E-state index contributed by atoms with van der Waals surface area (Å²) >= 11 is 0. The van der Waals surface area contributed by atoms with Crippen molar-refractivity contribution in [1.29, 1.82) is 0 Å². The number of imidazole rings is 1. The molecule has 0 bridgehead atoms. The number of nitrogens with zero attached hydrogens (tertiary/aromatic N) is 5. The predicted molar refractivity (Wildman–Crippen MR) is 68.6 cm³/mol. The normalized spacial score (nSPS) is 12.1. The van der Waals surface area contributed by atoms with Crippen LogP contribution < -0.4 is 4.74 Å². The van der Waals surface area contributed by atoms with Crippen LogP contribution in [0.1, 0.15) is 5.82 Å². The van der Waals surface area contributed by atoms with Gasteiger partial charge in [0, 0.05) is 6.26 Å². The molecule has 0 aliphatic heterocycles. The first kappa shape index (κ1) is 14.1. The summed E-state index contributed by atoms with van der Waals surface area (Å²) in [5.74, 6) is 0.654. The molecule has 0 unspecified atom stereocenters. The molecule has 0 aliphatic carbocycles. The van der Waals surface area contributed by atoms with E-state index in [0.717, 1.165) is 0 Å². The highest BCUT2D eigenvalue weighted by Crippen LogP contribution is 2.14. The van der Waals surface area contributed by atoms with Gasteiger partial charge in [0.2, 0.25) is 11.0 Å². The molecule has 0 saturated carbocycles. The molecule has 0 aromatic carbocycles. The number of aromatic nitrogens is 4. The molecule has 0 N–H and O–H groups in total. The van der Waals surface area contributed by atoms with Crippen molar-refractivity contribution in [2.75, 3.05) is 6.26 Å². The van der Waals surface area contributed by atoms with Gasteiger partial charge in [-0.3, -0.25) is 4.21 Å². The highest BCUT2D eigenvalue weighted by molar-refractivity contribution is 7.84. The van der Waals surface area contributed by atoms with Crippen molar-refractivity contribution in [3.63, 3.8) is 0 Å². The standard InChI is InChI=1S/C10H11N5O4S/c1-14-8(11-5-9(14)15(16)17)6-19-7-3-12-10(13-4-7)20(2)18/h3-5H,6H2,1-2H3/t20-/m0/s1.